The lowest BCUT2D eigenvalue weighted by Gasteiger charge is -2.11. The molecule has 0 aliphatic heterocycles. The van der Waals surface area contributed by atoms with Crippen molar-refractivity contribution in [2.24, 2.45) is 0 Å². The zero-order chi connectivity index (χ0) is 12.1. The number of methoxy groups -OCH3 is 2. The number of hydrogen-bond donors (Lipinski definition) is 0. The van der Waals surface area contributed by atoms with Gasteiger partial charge in [0.15, 0.2) is 0 Å². The van der Waals surface area contributed by atoms with Crippen LogP contribution in [-0.2, 0) is 4.74 Å². The monoisotopic (exact) mass is 232 g/mol. The van der Waals surface area contributed by atoms with Crippen LogP contribution in [0.25, 0.3) is 10.8 Å². The zero-order valence-corrected chi connectivity index (χ0v) is 10.1. The third kappa shape index (κ3) is 2.50. The molecule has 0 spiro atoms. The maximum atomic E-state index is 5.68. The number of hydrogen-bond acceptors (Lipinski definition) is 3. The van der Waals surface area contributed by atoms with Crippen molar-refractivity contribution in [2.75, 3.05) is 27.4 Å². The van der Waals surface area contributed by atoms with Gasteiger partial charge >= 0.3 is 0 Å². The van der Waals surface area contributed by atoms with Crippen molar-refractivity contribution in [2.45, 2.75) is 0 Å². The van der Waals surface area contributed by atoms with Gasteiger partial charge in [0.1, 0.15) is 18.1 Å². The molecule has 3 nitrogen and oxygen atoms in total. The second-order valence-corrected chi connectivity index (χ2v) is 3.65. The number of fused-ring (bicyclic) bond motifs is 1. The Hall–Kier alpha value is -1.74. The van der Waals surface area contributed by atoms with Crippen LogP contribution in [0.4, 0.5) is 0 Å². The van der Waals surface area contributed by atoms with E-state index in [1.54, 1.807) is 14.2 Å². The molecule has 2 aromatic carbocycles. The highest BCUT2D eigenvalue weighted by molar-refractivity contribution is 5.93. The average molecular weight is 232 g/mol. The van der Waals surface area contributed by atoms with Crippen molar-refractivity contribution in [3.63, 3.8) is 0 Å². The van der Waals surface area contributed by atoms with Crippen molar-refractivity contribution >= 4 is 10.8 Å². The summed E-state index contributed by atoms with van der Waals surface area (Å²) in [5.74, 6) is 1.72. The quantitative estimate of drug-likeness (QED) is 0.742. The summed E-state index contributed by atoms with van der Waals surface area (Å²) >= 11 is 0. The van der Waals surface area contributed by atoms with Crippen LogP contribution in [0, 0.1) is 0 Å². The van der Waals surface area contributed by atoms with Gasteiger partial charge in [-0.15, -0.1) is 0 Å². The van der Waals surface area contributed by atoms with Crippen LogP contribution in [0.2, 0.25) is 0 Å². The van der Waals surface area contributed by atoms with Crippen molar-refractivity contribution in [3.05, 3.63) is 36.4 Å². The van der Waals surface area contributed by atoms with Crippen molar-refractivity contribution in [1.29, 1.82) is 0 Å². The molecule has 3 heteroatoms. The van der Waals surface area contributed by atoms with Crippen LogP contribution >= 0.6 is 0 Å². The highest BCUT2D eigenvalue weighted by Gasteiger charge is 2.06. The van der Waals surface area contributed by atoms with Gasteiger partial charge < -0.3 is 14.2 Å². The molecule has 0 unspecified atom stereocenters. The predicted molar refractivity (Wildman–Crippen MR) is 67.9 cm³/mol. The van der Waals surface area contributed by atoms with E-state index in [1.807, 2.05) is 36.4 Å². The van der Waals surface area contributed by atoms with Crippen LogP contribution < -0.4 is 9.47 Å². The Labute approximate surface area is 101 Å². The summed E-state index contributed by atoms with van der Waals surface area (Å²) in [4.78, 5) is 0. The fraction of sp³-hybridized carbons (Fsp3) is 0.286. The van der Waals surface area contributed by atoms with Gasteiger partial charge in [0.05, 0.1) is 13.7 Å². The van der Waals surface area contributed by atoms with Gasteiger partial charge in [0.2, 0.25) is 0 Å². The summed E-state index contributed by atoms with van der Waals surface area (Å²) in [5.41, 5.74) is 0. The van der Waals surface area contributed by atoms with E-state index in [0.29, 0.717) is 13.2 Å². The Morgan fingerprint density at radius 2 is 1.47 bits per heavy atom. The van der Waals surface area contributed by atoms with Gasteiger partial charge in [-0.2, -0.15) is 0 Å². The lowest BCUT2D eigenvalue weighted by Crippen LogP contribution is -2.04. The molecule has 0 fully saturated rings. The Morgan fingerprint density at radius 1 is 0.824 bits per heavy atom. The minimum atomic E-state index is 0.548. The predicted octanol–water partition coefficient (Wildman–Crippen LogP) is 2.87. The van der Waals surface area contributed by atoms with Gasteiger partial charge in [-0.1, -0.05) is 24.3 Å². The summed E-state index contributed by atoms with van der Waals surface area (Å²) in [6, 6.07) is 11.9. The van der Waals surface area contributed by atoms with E-state index in [-0.39, 0.29) is 0 Å². The molecule has 0 atom stereocenters. The minimum absolute atomic E-state index is 0.548. The highest BCUT2D eigenvalue weighted by atomic mass is 16.5. The van der Waals surface area contributed by atoms with Crippen molar-refractivity contribution in [1.82, 2.24) is 0 Å². The summed E-state index contributed by atoms with van der Waals surface area (Å²) in [7, 11) is 3.34. The molecule has 2 rings (SSSR count). The van der Waals surface area contributed by atoms with Crippen LogP contribution in [0.3, 0.4) is 0 Å². The van der Waals surface area contributed by atoms with Gasteiger partial charge in [-0.25, -0.2) is 0 Å². The molecule has 0 heterocycles. The van der Waals surface area contributed by atoms with E-state index in [1.165, 1.54) is 0 Å². The van der Waals surface area contributed by atoms with Crippen LogP contribution in [-0.4, -0.2) is 27.4 Å². The largest absolute Gasteiger partial charge is 0.496 e. The van der Waals surface area contributed by atoms with Gasteiger partial charge in [0, 0.05) is 17.9 Å². The number of rotatable bonds is 5. The van der Waals surface area contributed by atoms with Crippen LogP contribution in [0.5, 0.6) is 11.5 Å². The fourth-order valence-corrected chi connectivity index (χ4v) is 1.78. The van der Waals surface area contributed by atoms with E-state index in [0.717, 1.165) is 22.3 Å². The summed E-state index contributed by atoms with van der Waals surface area (Å²) < 4.78 is 16.0. The molecule has 90 valence electrons. The first-order valence-corrected chi connectivity index (χ1v) is 5.54. The van der Waals surface area contributed by atoms with Gasteiger partial charge in [-0.3, -0.25) is 0 Å². The lowest BCUT2D eigenvalue weighted by atomic mass is 10.1. The molecule has 0 radical (unpaired) electrons. The van der Waals surface area contributed by atoms with Gasteiger partial charge in [-0.05, 0) is 12.1 Å². The Kier molecular flexibility index (Phi) is 3.83. The van der Waals surface area contributed by atoms with E-state index in [2.05, 4.69) is 0 Å². The normalized spacial score (nSPS) is 10.5. The van der Waals surface area contributed by atoms with Crippen LogP contribution in [0.15, 0.2) is 36.4 Å². The third-order valence-corrected chi connectivity index (χ3v) is 2.61. The molecular formula is C14H16O3. The molecule has 0 aliphatic carbocycles. The Morgan fingerprint density at radius 3 is 2.12 bits per heavy atom. The fourth-order valence-electron chi connectivity index (χ4n) is 1.78. The third-order valence-electron chi connectivity index (χ3n) is 2.61. The molecule has 0 saturated carbocycles. The molecular weight excluding hydrogens is 216 g/mol. The van der Waals surface area contributed by atoms with Crippen molar-refractivity contribution < 1.29 is 14.2 Å². The highest BCUT2D eigenvalue weighted by Crippen LogP contribution is 2.32. The maximum Gasteiger partial charge on any atom is 0.127 e. The number of ether oxygens (including phenoxy) is 3. The molecule has 2 aromatic rings. The SMILES string of the molecule is COCCOc1ccc(OC)c2ccccc12. The van der Waals surface area contributed by atoms with E-state index in [4.69, 9.17) is 14.2 Å². The standard InChI is InChI=1S/C14H16O3/c1-15-9-10-17-14-8-7-13(16-2)11-5-3-4-6-12(11)14/h3-8H,9-10H2,1-2H3. The molecule has 0 saturated heterocycles. The first kappa shape index (κ1) is 11.7. The molecule has 0 bridgehead atoms. The second-order valence-electron chi connectivity index (χ2n) is 3.65. The number of benzene rings is 2. The summed E-state index contributed by atoms with van der Waals surface area (Å²) in [6.45, 7) is 1.13. The first-order chi connectivity index (χ1) is 8.36. The second kappa shape index (κ2) is 5.55. The molecule has 0 N–H and O–H groups in total. The molecule has 0 aromatic heterocycles. The topological polar surface area (TPSA) is 27.7 Å². The zero-order valence-electron chi connectivity index (χ0n) is 10.1. The lowest BCUT2D eigenvalue weighted by molar-refractivity contribution is 0.147. The Bertz CT molecular complexity index is 494. The summed E-state index contributed by atoms with van der Waals surface area (Å²) in [5, 5.41) is 2.12. The van der Waals surface area contributed by atoms with E-state index >= 15 is 0 Å². The van der Waals surface area contributed by atoms with Crippen LogP contribution in [0.1, 0.15) is 0 Å². The average Bonchev–Trinajstić information content (AvgIpc) is 2.39. The molecule has 17 heavy (non-hydrogen) atoms. The Balaban J connectivity index is 2.37. The smallest absolute Gasteiger partial charge is 0.127 e. The van der Waals surface area contributed by atoms with E-state index < -0.39 is 0 Å². The van der Waals surface area contributed by atoms with Gasteiger partial charge in [0.25, 0.3) is 0 Å². The van der Waals surface area contributed by atoms with Crippen molar-refractivity contribution in [3.8, 4) is 11.5 Å². The molecule has 0 aliphatic rings. The van der Waals surface area contributed by atoms with E-state index in [9.17, 15) is 0 Å². The summed E-state index contributed by atoms with van der Waals surface area (Å²) in [6.07, 6.45) is 0. The first-order valence-electron chi connectivity index (χ1n) is 5.54. The maximum absolute atomic E-state index is 5.68. The minimum Gasteiger partial charge on any atom is -0.496 e. The molecule has 0 amide bonds.